The van der Waals surface area contributed by atoms with Crippen molar-refractivity contribution in [3.8, 4) is 0 Å². The maximum Gasteiger partial charge on any atom is 0.274 e. The lowest BCUT2D eigenvalue weighted by atomic mass is 9.96. The van der Waals surface area contributed by atoms with Crippen molar-refractivity contribution in [3.63, 3.8) is 0 Å². The Hall–Kier alpha value is -2.17. The summed E-state index contributed by atoms with van der Waals surface area (Å²) < 4.78 is 27.8. The van der Waals surface area contributed by atoms with Crippen molar-refractivity contribution in [1.29, 1.82) is 0 Å². The molecule has 29 heavy (non-hydrogen) atoms. The molecule has 0 saturated heterocycles. The molecule has 0 radical (unpaired) electrons. The third-order valence-corrected chi connectivity index (χ3v) is 6.75. The summed E-state index contributed by atoms with van der Waals surface area (Å²) in [5.41, 5.74) is 0.0259. The Bertz CT molecular complexity index is 1010. The van der Waals surface area contributed by atoms with Gasteiger partial charge in [0.05, 0.1) is 10.6 Å². The van der Waals surface area contributed by atoms with Gasteiger partial charge in [-0.1, -0.05) is 19.3 Å². The van der Waals surface area contributed by atoms with Crippen molar-refractivity contribution in [3.05, 3.63) is 52.2 Å². The van der Waals surface area contributed by atoms with E-state index in [9.17, 15) is 18.0 Å². The Morgan fingerprint density at radius 3 is 2.55 bits per heavy atom. The van der Waals surface area contributed by atoms with Gasteiger partial charge in [-0.3, -0.25) is 9.59 Å². The predicted molar refractivity (Wildman–Crippen MR) is 114 cm³/mol. The zero-order valence-corrected chi connectivity index (χ0v) is 17.7. The molecule has 3 N–H and O–H groups in total. The van der Waals surface area contributed by atoms with E-state index in [0.717, 1.165) is 38.2 Å². The lowest BCUT2D eigenvalue weighted by molar-refractivity contribution is 0.102. The second kappa shape index (κ2) is 9.55. The fraction of sp³-hybridized carbons (Fsp3) is 0.421. The highest BCUT2D eigenvalue weighted by Gasteiger charge is 2.22. The molecule has 1 aliphatic carbocycles. The van der Waals surface area contributed by atoms with E-state index in [1.807, 2.05) is 6.26 Å². The standard InChI is InChI=1S/C19H24N4O4S2/c1-28-12-17-21-16(11-18(24)22-17)19(25)20-13-7-9-15(10-8-13)29(26,27)23-14-5-3-2-4-6-14/h7-11,14,23H,2-6,12H2,1H3,(H,20,25)(H,21,22,24). The Balaban J connectivity index is 1.68. The van der Waals surface area contributed by atoms with E-state index in [1.165, 1.54) is 36.0 Å². The molecule has 0 aliphatic heterocycles. The summed E-state index contributed by atoms with van der Waals surface area (Å²) in [7, 11) is -3.60. The maximum absolute atomic E-state index is 12.5. The lowest BCUT2D eigenvalue weighted by Gasteiger charge is -2.22. The van der Waals surface area contributed by atoms with Gasteiger partial charge >= 0.3 is 0 Å². The average Bonchev–Trinajstić information content (AvgIpc) is 2.68. The zero-order chi connectivity index (χ0) is 20.9. The van der Waals surface area contributed by atoms with E-state index in [2.05, 4.69) is 20.0 Å². The normalized spacial score (nSPS) is 15.2. The third kappa shape index (κ3) is 5.91. The number of benzene rings is 1. The summed E-state index contributed by atoms with van der Waals surface area (Å²) in [5.74, 6) is 0.372. The van der Waals surface area contributed by atoms with Crippen LogP contribution in [-0.4, -0.2) is 36.6 Å². The molecule has 1 aliphatic rings. The number of nitrogens with zero attached hydrogens (tertiary/aromatic N) is 1. The SMILES string of the molecule is CSCc1nc(C(=O)Nc2ccc(S(=O)(=O)NC3CCCCC3)cc2)cc(=O)[nH]1. The molecule has 10 heteroatoms. The number of carbonyl (C=O) groups is 1. The van der Waals surface area contributed by atoms with Crippen molar-refractivity contribution in [1.82, 2.24) is 14.7 Å². The molecule has 0 atom stereocenters. The lowest BCUT2D eigenvalue weighted by Crippen LogP contribution is -2.36. The number of amides is 1. The van der Waals surface area contributed by atoms with Crippen LogP contribution >= 0.6 is 11.8 Å². The van der Waals surface area contributed by atoms with Crippen molar-refractivity contribution >= 4 is 33.4 Å². The number of sulfonamides is 1. The molecule has 3 rings (SSSR count). The van der Waals surface area contributed by atoms with Gasteiger partial charge in [0.15, 0.2) is 0 Å². The molecule has 1 fully saturated rings. The highest BCUT2D eigenvalue weighted by Crippen LogP contribution is 2.21. The fourth-order valence-corrected chi connectivity index (χ4v) is 4.97. The minimum Gasteiger partial charge on any atom is -0.321 e. The number of anilines is 1. The number of hydrogen-bond acceptors (Lipinski definition) is 6. The van der Waals surface area contributed by atoms with Crippen LogP contribution in [-0.2, 0) is 15.8 Å². The molecule has 2 aromatic rings. The van der Waals surface area contributed by atoms with Gasteiger partial charge in [0.25, 0.3) is 11.5 Å². The van der Waals surface area contributed by atoms with Gasteiger partial charge in [0, 0.05) is 17.8 Å². The van der Waals surface area contributed by atoms with Crippen LogP contribution in [0, 0.1) is 0 Å². The van der Waals surface area contributed by atoms with Crippen LogP contribution in [0.3, 0.4) is 0 Å². The minimum absolute atomic E-state index is 0.00784. The monoisotopic (exact) mass is 436 g/mol. The Morgan fingerprint density at radius 2 is 1.90 bits per heavy atom. The number of aromatic nitrogens is 2. The highest BCUT2D eigenvalue weighted by atomic mass is 32.2. The molecule has 8 nitrogen and oxygen atoms in total. The molecule has 1 aromatic heterocycles. The van der Waals surface area contributed by atoms with Crippen LogP contribution in [0.2, 0.25) is 0 Å². The van der Waals surface area contributed by atoms with Crippen molar-refractivity contribution < 1.29 is 13.2 Å². The molecule has 1 amide bonds. The Kier molecular flexibility index (Phi) is 7.09. The van der Waals surface area contributed by atoms with E-state index in [0.29, 0.717) is 17.3 Å². The van der Waals surface area contributed by atoms with Crippen molar-refractivity contribution in [2.45, 2.75) is 48.8 Å². The van der Waals surface area contributed by atoms with Crippen LogP contribution in [0.4, 0.5) is 5.69 Å². The van der Waals surface area contributed by atoms with Crippen LogP contribution in [0.5, 0.6) is 0 Å². The summed E-state index contributed by atoms with van der Waals surface area (Å²) in [4.78, 5) is 31.0. The summed E-state index contributed by atoms with van der Waals surface area (Å²) in [6, 6.07) is 7.04. The van der Waals surface area contributed by atoms with Gasteiger partial charge in [-0.15, -0.1) is 0 Å². The number of rotatable bonds is 7. The first-order valence-corrected chi connectivity index (χ1v) is 12.3. The average molecular weight is 437 g/mol. The quantitative estimate of drug-likeness (QED) is 0.613. The second-order valence-corrected chi connectivity index (χ2v) is 9.53. The minimum atomic E-state index is -3.60. The first-order valence-electron chi connectivity index (χ1n) is 9.40. The third-order valence-electron chi connectivity index (χ3n) is 4.65. The molecular weight excluding hydrogens is 412 g/mol. The number of thioether (sulfide) groups is 1. The molecule has 0 unspecified atom stereocenters. The number of H-pyrrole nitrogens is 1. The van der Waals surface area contributed by atoms with Crippen LogP contribution in [0.15, 0.2) is 40.0 Å². The molecule has 0 spiro atoms. The van der Waals surface area contributed by atoms with E-state index >= 15 is 0 Å². The van der Waals surface area contributed by atoms with Crippen LogP contribution in [0.25, 0.3) is 0 Å². The van der Waals surface area contributed by atoms with E-state index in [4.69, 9.17) is 0 Å². The smallest absolute Gasteiger partial charge is 0.274 e. The molecule has 156 valence electrons. The van der Waals surface area contributed by atoms with Crippen molar-refractivity contribution in [2.75, 3.05) is 11.6 Å². The maximum atomic E-state index is 12.5. The second-order valence-electron chi connectivity index (χ2n) is 6.95. The van der Waals surface area contributed by atoms with Crippen LogP contribution < -0.4 is 15.6 Å². The molecule has 1 saturated carbocycles. The summed E-state index contributed by atoms with van der Waals surface area (Å²) in [5, 5.41) is 2.64. The fourth-order valence-electron chi connectivity index (χ4n) is 3.25. The molecular formula is C19H24N4O4S2. The Labute approximate surface area is 174 Å². The number of hydrogen-bond donors (Lipinski definition) is 3. The van der Waals surface area contributed by atoms with Gasteiger partial charge in [0.2, 0.25) is 10.0 Å². The van der Waals surface area contributed by atoms with E-state index < -0.39 is 21.5 Å². The van der Waals surface area contributed by atoms with Gasteiger partial charge in [-0.25, -0.2) is 18.1 Å². The highest BCUT2D eigenvalue weighted by molar-refractivity contribution is 7.97. The number of nitrogens with one attached hydrogen (secondary N) is 3. The predicted octanol–water partition coefficient (Wildman–Crippen LogP) is 2.50. The van der Waals surface area contributed by atoms with Gasteiger partial charge in [-0.05, 0) is 43.4 Å². The van der Waals surface area contributed by atoms with Crippen molar-refractivity contribution in [2.24, 2.45) is 0 Å². The van der Waals surface area contributed by atoms with Gasteiger partial charge in [0.1, 0.15) is 11.5 Å². The van der Waals surface area contributed by atoms with E-state index in [-0.39, 0.29) is 16.6 Å². The number of carbonyl (C=O) groups excluding carboxylic acids is 1. The zero-order valence-electron chi connectivity index (χ0n) is 16.1. The van der Waals surface area contributed by atoms with Crippen LogP contribution in [0.1, 0.15) is 48.4 Å². The summed E-state index contributed by atoms with van der Waals surface area (Å²) in [6.45, 7) is 0. The largest absolute Gasteiger partial charge is 0.321 e. The number of aromatic amines is 1. The molecule has 1 heterocycles. The molecule has 0 bridgehead atoms. The first kappa shape index (κ1) is 21.5. The summed E-state index contributed by atoms with van der Waals surface area (Å²) in [6.07, 6.45) is 6.80. The first-order chi connectivity index (χ1) is 13.9. The topological polar surface area (TPSA) is 121 Å². The van der Waals surface area contributed by atoms with Gasteiger partial charge in [-0.2, -0.15) is 11.8 Å². The summed E-state index contributed by atoms with van der Waals surface area (Å²) >= 11 is 1.48. The van der Waals surface area contributed by atoms with E-state index in [1.54, 1.807) is 0 Å². The molecule has 1 aromatic carbocycles. The Morgan fingerprint density at radius 1 is 1.21 bits per heavy atom. The van der Waals surface area contributed by atoms with Gasteiger partial charge < -0.3 is 10.3 Å².